The predicted octanol–water partition coefficient (Wildman–Crippen LogP) is 12.2. The van der Waals surface area contributed by atoms with E-state index in [-0.39, 0.29) is 0 Å². The lowest BCUT2D eigenvalue weighted by Crippen LogP contribution is -1.97. The molecule has 0 aliphatic rings. The largest absolute Gasteiger partial charge is 0.455 e. The van der Waals surface area contributed by atoms with Crippen molar-refractivity contribution in [2.75, 3.05) is 0 Å². The third kappa shape index (κ3) is 4.18. The summed E-state index contributed by atoms with van der Waals surface area (Å²) in [5.41, 5.74) is 10.8. The number of fused-ring (bicyclic) bond motifs is 6. The number of hydrogen-bond donors (Lipinski definition) is 0. The average Bonchev–Trinajstić information content (AvgIpc) is 3.73. The Balaban J connectivity index is 1.05. The lowest BCUT2D eigenvalue weighted by atomic mass is 9.93. The minimum atomic E-state index is 0.915. The maximum atomic E-state index is 6.52. The lowest BCUT2D eigenvalue weighted by molar-refractivity contribution is 0.670. The summed E-state index contributed by atoms with van der Waals surface area (Å²) in [5.74, 6) is 0.942. The second-order valence-corrected chi connectivity index (χ2v) is 12.4. The average molecular weight is 613 g/mol. The Labute approximate surface area is 277 Å². The van der Waals surface area contributed by atoms with E-state index in [2.05, 4.69) is 156 Å². The molecule has 0 bridgehead atoms. The first-order valence-corrected chi connectivity index (χ1v) is 16.3. The van der Waals surface area contributed by atoms with E-state index in [0.29, 0.717) is 0 Å². The molecule has 10 rings (SSSR count). The molecule has 0 aliphatic carbocycles. The van der Waals surface area contributed by atoms with Crippen LogP contribution in [0, 0.1) is 0 Å². The fourth-order valence-corrected chi connectivity index (χ4v) is 7.26. The van der Waals surface area contributed by atoms with Gasteiger partial charge in [-0.2, -0.15) is 0 Å². The van der Waals surface area contributed by atoms with Crippen LogP contribution in [0.5, 0.6) is 0 Å². The van der Waals surface area contributed by atoms with Gasteiger partial charge < -0.3 is 4.42 Å². The van der Waals surface area contributed by atoms with Crippen LogP contribution < -0.4 is 0 Å². The molecule has 0 saturated heterocycles. The summed E-state index contributed by atoms with van der Waals surface area (Å²) >= 11 is 0. The van der Waals surface area contributed by atoms with Gasteiger partial charge in [0.15, 0.2) is 0 Å². The monoisotopic (exact) mass is 612 g/mol. The van der Waals surface area contributed by atoms with Gasteiger partial charge in [0.05, 0.1) is 11.0 Å². The molecule has 48 heavy (non-hydrogen) atoms. The summed E-state index contributed by atoms with van der Waals surface area (Å²) in [4.78, 5) is 5.00. The van der Waals surface area contributed by atoms with Crippen LogP contribution in [0.25, 0.3) is 93.8 Å². The van der Waals surface area contributed by atoms with Crippen LogP contribution in [0.1, 0.15) is 0 Å². The van der Waals surface area contributed by atoms with Crippen LogP contribution in [0.2, 0.25) is 0 Å². The molecule has 8 aromatic carbocycles. The first-order chi connectivity index (χ1) is 23.8. The van der Waals surface area contributed by atoms with Gasteiger partial charge >= 0.3 is 0 Å². The molecule has 3 nitrogen and oxygen atoms in total. The van der Waals surface area contributed by atoms with Crippen LogP contribution in [0.15, 0.2) is 174 Å². The van der Waals surface area contributed by atoms with E-state index < -0.39 is 0 Å². The molecule has 0 fully saturated rings. The predicted molar refractivity (Wildman–Crippen MR) is 200 cm³/mol. The molecule has 3 heteroatoms. The summed E-state index contributed by atoms with van der Waals surface area (Å²) in [6.45, 7) is 0. The van der Waals surface area contributed by atoms with Crippen molar-refractivity contribution in [3.63, 3.8) is 0 Å². The van der Waals surface area contributed by atoms with Gasteiger partial charge in [-0.1, -0.05) is 121 Å². The Morgan fingerprint density at radius 1 is 0.438 bits per heavy atom. The van der Waals surface area contributed by atoms with Crippen molar-refractivity contribution in [2.24, 2.45) is 0 Å². The molecular formula is C45H28N2O. The van der Waals surface area contributed by atoms with Crippen molar-refractivity contribution in [3.05, 3.63) is 170 Å². The Kier molecular flexibility index (Phi) is 5.87. The topological polar surface area (TPSA) is 31.0 Å². The summed E-state index contributed by atoms with van der Waals surface area (Å²) in [5, 5.41) is 7.10. The third-order valence-corrected chi connectivity index (χ3v) is 9.57. The third-order valence-electron chi connectivity index (χ3n) is 9.57. The lowest BCUT2D eigenvalue weighted by Gasteiger charge is -2.12. The zero-order valence-electron chi connectivity index (χ0n) is 26.0. The van der Waals surface area contributed by atoms with E-state index in [1.165, 1.54) is 32.7 Å². The minimum absolute atomic E-state index is 0.915. The first-order valence-electron chi connectivity index (χ1n) is 16.3. The fraction of sp³-hybridized carbons (Fsp3) is 0. The normalized spacial score (nSPS) is 11.8. The van der Waals surface area contributed by atoms with Crippen LogP contribution in [0.4, 0.5) is 0 Å². The molecular weight excluding hydrogens is 585 g/mol. The van der Waals surface area contributed by atoms with Crippen LogP contribution in [0.3, 0.4) is 0 Å². The highest BCUT2D eigenvalue weighted by atomic mass is 16.3. The van der Waals surface area contributed by atoms with Gasteiger partial charge in [-0.25, -0.2) is 4.98 Å². The Hall–Kier alpha value is -6.45. The number of imidazole rings is 1. The Morgan fingerprint density at radius 3 is 1.96 bits per heavy atom. The van der Waals surface area contributed by atoms with Crippen molar-refractivity contribution < 1.29 is 4.42 Å². The van der Waals surface area contributed by atoms with E-state index in [4.69, 9.17) is 9.40 Å². The number of nitrogens with zero attached hydrogens (tertiary/aromatic N) is 2. The number of benzene rings is 8. The Morgan fingerprint density at radius 2 is 1.10 bits per heavy atom. The van der Waals surface area contributed by atoms with E-state index in [1.54, 1.807) is 0 Å². The van der Waals surface area contributed by atoms with E-state index in [1.807, 2.05) is 18.2 Å². The van der Waals surface area contributed by atoms with Gasteiger partial charge in [0, 0.05) is 27.6 Å². The van der Waals surface area contributed by atoms with E-state index >= 15 is 0 Å². The number of para-hydroxylation sites is 3. The second-order valence-electron chi connectivity index (χ2n) is 12.4. The minimum Gasteiger partial charge on any atom is -0.455 e. The van der Waals surface area contributed by atoms with Crippen LogP contribution in [-0.4, -0.2) is 9.55 Å². The quantitative estimate of drug-likeness (QED) is 0.198. The molecule has 0 radical (unpaired) electrons. The first kappa shape index (κ1) is 26.7. The summed E-state index contributed by atoms with van der Waals surface area (Å²) < 4.78 is 8.77. The molecule has 0 atom stereocenters. The zero-order chi connectivity index (χ0) is 31.6. The highest BCUT2D eigenvalue weighted by Crippen LogP contribution is 2.42. The molecule has 0 unspecified atom stereocenters. The summed E-state index contributed by atoms with van der Waals surface area (Å²) in [6, 6.07) is 60.2. The molecule has 0 amide bonds. The molecule has 0 N–H and O–H groups in total. The van der Waals surface area contributed by atoms with Crippen molar-refractivity contribution >= 4 is 54.5 Å². The highest BCUT2D eigenvalue weighted by molar-refractivity contribution is 6.18. The van der Waals surface area contributed by atoms with Gasteiger partial charge in [0.2, 0.25) is 0 Å². The molecule has 0 saturated carbocycles. The summed E-state index contributed by atoms with van der Waals surface area (Å²) in [6.07, 6.45) is 0. The molecule has 2 aromatic heterocycles. The van der Waals surface area contributed by atoms with E-state index in [0.717, 1.165) is 61.2 Å². The molecule has 224 valence electrons. The van der Waals surface area contributed by atoms with Gasteiger partial charge in [0.1, 0.15) is 17.0 Å². The van der Waals surface area contributed by atoms with Crippen molar-refractivity contribution in [1.82, 2.24) is 9.55 Å². The fourth-order valence-electron chi connectivity index (χ4n) is 7.26. The maximum Gasteiger partial charge on any atom is 0.145 e. The molecule has 0 spiro atoms. The molecule has 0 aliphatic heterocycles. The SMILES string of the molecule is c1ccc(-c2nc3ccccc3n2-c2ccc(-c3ccc4cc(-c5c6ccccc6cc6c5oc5ccccc56)ccc4c3)cc2)cc1. The maximum absolute atomic E-state index is 6.52. The summed E-state index contributed by atoms with van der Waals surface area (Å²) in [7, 11) is 0. The standard InChI is InChI=1S/C45H28N2O/c1-2-10-30(11-3-1)45-46-40-15-7-8-16-41(40)47(45)36-24-22-29(23-25-36)31-18-19-33-27-35(21-20-32(33)26-31)43-37-13-5-4-12-34(37)28-39-38-14-6-9-17-42(38)48-44(39)43/h1-28H. The Bertz CT molecular complexity index is 2820. The van der Waals surface area contributed by atoms with Gasteiger partial charge in [-0.05, 0) is 86.8 Å². The smallest absolute Gasteiger partial charge is 0.145 e. The number of aromatic nitrogens is 2. The van der Waals surface area contributed by atoms with Crippen LogP contribution in [-0.2, 0) is 0 Å². The molecule has 2 heterocycles. The van der Waals surface area contributed by atoms with Crippen molar-refractivity contribution in [1.29, 1.82) is 0 Å². The second kappa shape index (κ2) is 10.5. The van der Waals surface area contributed by atoms with Gasteiger partial charge in [0.25, 0.3) is 0 Å². The number of hydrogen-bond acceptors (Lipinski definition) is 2. The zero-order valence-corrected chi connectivity index (χ0v) is 26.0. The highest BCUT2D eigenvalue weighted by Gasteiger charge is 2.17. The van der Waals surface area contributed by atoms with Crippen molar-refractivity contribution in [2.45, 2.75) is 0 Å². The number of furan rings is 1. The van der Waals surface area contributed by atoms with Gasteiger partial charge in [-0.3, -0.25) is 4.57 Å². The number of rotatable bonds is 4. The van der Waals surface area contributed by atoms with Crippen LogP contribution >= 0.6 is 0 Å². The van der Waals surface area contributed by atoms with E-state index in [9.17, 15) is 0 Å². The molecule has 10 aromatic rings. The van der Waals surface area contributed by atoms with Crippen molar-refractivity contribution in [3.8, 4) is 39.3 Å². The van der Waals surface area contributed by atoms with Gasteiger partial charge in [-0.15, -0.1) is 0 Å².